The normalized spacial score (nSPS) is 17.1. The van der Waals surface area contributed by atoms with Gasteiger partial charge in [-0.3, -0.25) is 10.1 Å². The van der Waals surface area contributed by atoms with E-state index in [4.69, 9.17) is 10.5 Å². The maximum Gasteiger partial charge on any atom is 0.336 e. The van der Waals surface area contributed by atoms with Crippen molar-refractivity contribution < 1.29 is 14.5 Å². The number of nitrogens with two attached hydrogens (primary N) is 1. The van der Waals surface area contributed by atoms with Crippen molar-refractivity contribution in [3.63, 3.8) is 0 Å². The molecule has 1 aliphatic heterocycles. The first kappa shape index (κ1) is 17.0. The maximum atomic E-state index is 12.3. The number of carbonyl (C=O) groups excluding carboxylic acids is 1. The van der Waals surface area contributed by atoms with E-state index in [1.807, 2.05) is 6.07 Å². The second-order valence-electron chi connectivity index (χ2n) is 5.10. The van der Waals surface area contributed by atoms with Crippen molar-refractivity contribution in [3.05, 3.63) is 62.6 Å². The Kier molecular flexibility index (Phi) is 4.84. The topological polar surface area (TPSA) is 131 Å². The smallest absolute Gasteiger partial charge is 0.336 e. The zero-order valence-electron chi connectivity index (χ0n) is 13.2. The van der Waals surface area contributed by atoms with Crippen molar-refractivity contribution in [2.45, 2.75) is 19.8 Å². The first-order valence-corrected chi connectivity index (χ1v) is 7.19. The molecule has 0 radical (unpaired) electrons. The molecule has 0 bridgehead atoms. The molecule has 3 N–H and O–H groups in total. The third-order valence-corrected chi connectivity index (χ3v) is 3.65. The Labute approximate surface area is 138 Å². The van der Waals surface area contributed by atoms with Gasteiger partial charge in [-0.15, -0.1) is 0 Å². The number of allylic oxidation sites excluding steroid dienone is 2. The van der Waals surface area contributed by atoms with Gasteiger partial charge in [0.1, 0.15) is 5.82 Å². The van der Waals surface area contributed by atoms with Crippen LogP contribution in [0.25, 0.3) is 0 Å². The highest BCUT2D eigenvalue weighted by Gasteiger charge is 2.34. The Morgan fingerprint density at radius 3 is 2.58 bits per heavy atom. The van der Waals surface area contributed by atoms with E-state index in [9.17, 15) is 20.2 Å². The molecule has 0 fully saturated rings. The summed E-state index contributed by atoms with van der Waals surface area (Å²) in [7, 11) is 0. The van der Waals surface area contributed by atoms with Crippen LogP contribution in [0, 0.1) is 21.4 Å². The number of ether oxygens (including phenoxy) is 1. The molecule has 1 heterocycles. The first-order chi connectivity index (χ1) is 11.4. The summed E-state index contributed by atoms with van der Waals surface area (Å²) in [6.07, 6.45) is 0. The fraction of sp³-hybridized carbons (Fsp3) is 0.250. The monoisotopic (exact) mass is 328 g/mol. The third kappa shape index (κ3) is 3.05. The van der Waals surface area contributed by atoms with Crippen molar-refractivity contribution in [1.82, 2.24) is 5.32 Å². The Bertz CT molecular complexity index is 787. The van der Waals surface area contributed by atoms with E-state index >= 15 is 0 Å². The summed E-state index contributed by atoms with van der Waals surface area (Å²) in [4.78, 5) is 22.6. The van der Waals surface area contributed by atoms with Crippen LogP contribution in [0.2, 0.25) is 0 Å². The highest BCUT2D eigenvalue weighted by Crippen LogP contribution is 2.37. The fourth-order valence-electron chi connectivity index (χ4n) is 2.58. The second kappa shape index (κ2) is 6.83. The summed E-state index contributed by atoms with van der Waals surface area (Å²) in [5, 5.41) is 23.0. The molecule has 2 rings (SSSR count). The molecule has 8 nitrogen and oxygen atoms in total. The number of rotatable bonds is 4. The molecular formula is C16H16N4O4. The van der Waals surface area contributed by atoms with Crippen molar-refractivity contribution >= 4 is 11.7 Å². The van der Waals surface area contributed by atoms with Gasteiger partial charge in [0.05, 0.1) is 34.7 Å². The first-order valence-electron chi connectivity index (χ1n) is 7.19. The van der Waals surface area contributed by atoms with Crippen LogP contribution in [-0.2, 0) is 9.53 Å². The number of nitrogens with one attached hydrogen (secondary N) is 1. The molecule has 0 amide bonds. The molecule has 0 saturated carbocycles. The van der Waals surface area contributed by atoms with Crippen LogP contribution < -0.4 is 11.1 Å². The number of nitrogens with zero attached hydrogens (tertiary/aromatic N) is 2. The molecule has 1 aliphatic rings. The molecule has 124 valence electrons. The van der Waals surface area contributed by atoms with Gasteiger partial charge < -0.3 is 15.8 Å². The van der Waals surface area contributed by atoms with Crippen molar-refractivity contribution in [1.29, 1.82) is 5.26 Å². The summed E-state index contributed by atoms with van der Waals surface area (Å²) in [5.41, 5.74) is 7.24. The number of non-ortho nitro benzene ring substituents is 1. The minimum Gasteiger partial charge on any atom is -0.463 e. The van der Waals surface area contributed by atoms with Crippen molar-refractivity contribution in [2.75, 3.05) is 6.61 Å². The molecule has 24 heavy (non-hydrogen) atoms. The average molecular weight is 328 g/mol. The molecule has 1 aromatic rings. The van der Waals surface area contributed by atoms with Gasteiger partial charge in [-0.2, -0.15) is 5.26 Å². The van der Waals surface area contributed by atoms with E-state index in [-0.39, 0.29) is 29.3 Å². The molecule has 0 aliphatic carbocycles. The van der Waals surface area contributed by atoms with E-state index in [2.05, 4.69) is 5.32 Å². The van der Waals surface area contributed by atoms with Gasteiger partial charge in [-0.05, 0) is 19.4 Å². The van der Waals surface area contributed by atoms with Gasteiger partial charge in [0.2, 0.25) is 0 Å². The highest BCUT2D eigenvalue weighted by atomic mass is 16.6. The van der Waals surface area contributed by atoms with Gasteiger partial charge in [0.25, 0.3) is 5.69 Å². The maximum absolute atomic E-state index is 12.3. The SMILES string of the molecule is CCOC(=O)C1=C(C)NC(N)=C(C#N)C1c1ccc([N+](=O)[O-])cc1. The number of nitriles is 1. The van der Waals surface area contributed by atoms with Crippen molar-refractivity contribution in [2.24, 2.45) is 5.73 Å². The quantitative estimate of drug-likeness (QED) is 0.489. The number of esters is 1. The van der Waals surface area contributed by atoms with Gasteiger partial charge >= 0.3 is 5.97 Å². The standard InChI is InChI=1S/C16H16N4O4/c1-3-24-16(21)13-9(2)19-15(18)12(8-17)14(13)10-4-6-11(7-5-10)20(22)23/h4-7,14,19H,3,18H2,1-2H3. The zero-order valence-corrected chi connectivity index (χ0v) is 13.2. The summed E-state index contributed by atoms with van der Waals surface area (Å²) in [6, 6.07) is 7.65. The predicted molar refractivity (Wildman–Crippen MR) is 85.1 cm³/mol. The molecule has 0 saturated heterocycles. The van der Waals surface area contributed by atoms with Crippen LogP contribution >= 0.6 is 0 Å². The fourth-order valence-corrected chi connectivity index (χ4v) is 2.58. The highest BCUT2D eigenvalue weighted by molar-refractivity contribution is 5.93. The zero-order chi connectivity index (χ0) is 17.9. The van der Waals surface area contributed by atoms with Crippen LogP contribution in [0.3, 0.4) is 0 Å². The van der Waals surface area contributed by atoms with Crippen LogP contribution in [0.1, 0.15) is 25.3 Å². The summed E-state index contributed by atoms with van der Waals surface area (Å²) >= 11 is 0. The Morgan fingerprint density at radius 1 is 1.46 bits per heavy atom. The lowest BCUT2D eigenvalue weighted by Gasteiger charge is -2.27. The van der Waals surface area contributed by atoms with Crippen LogP contribution in [0.5, 0.6) is 0 Å². The van der Waals surface area contributed by atoms with E-state index in [0.717, 1.165) is 0 Å². The van der Waals surface area contributed by atoms with Crippen LogP contribution in [-0.4, -0.2) is 17.5 Å². The number of carbonyl (C=O) groups is 1. The number of hydrogen-bond acceptors (Lipinski definition) is 7. The minimum absolute atomic E-state index is 0.0819. The lowest BCUT2D eigenvalue weighted by Crippen LogP contribution is -2.32. The number of nitro groups is 1. The largest absolute Gasteiger partial charge is 0.463 e. The second-order valence-corrected chi connectivity index (χ2v) is 5.10. The molecule has 8 heteroatoms. The molecule has 1 atom stereocenters. The number of nitro benzene ring substituents is 1. The molecule has 1 unspecified atom stereocenters. The molecule has 0 spiro atoms. The van der Waals surface area contributed by atoms with Gasteiger partial charge in [-0.1, -0.05) is 12.1 Å². The lowest BCUT2D eigenvalue weighted by atomic mass is 9.82. The summed E-state index contributed by atoms with van der Waals surface area (Å²) in [6.45, 7) is 3.52. The van der Waals surface area contributed by atoms with E-state index in [1.165, 1.54) is 24.3 Å². The summed E-state index contributed by atoms with van der Waals surface area (Å²) in [5.74, 6) is -1.16. The van der Waals surface area contributed by atoms with Gasteiger partial charge in [0.15, 0.2) is 0 Å². The van der Waals surface area contributed by atoms with Crippen LogP contribution in [0.4, 0.5) is 5.69 Å². The average Bonchev–Trinajstić information content (AvgIpc) is 2.54. The lowest BCUT2D eigenvalue weighted by molar-refractivity contribution is -0.384. The number of dihydropyridines is 1. The third-order valence-electron chi connectivity index (χ3n) is 3.65. The minimum atomic E-state index is -0.740. The van der Waals surface area contributed by atoms with Crippen molar-refractivity contribution in [3.8, 4) is 6.07 Å². The van der Waals surface area contributed by atoms with Gasteiger partial charge in [0, 0.05) is 17.8 Å². The molecule has 1 aromatic carbocycles. The molecule has 0 aromatic heterocycles. The predicted octanol–water partition coefficient (Wildman–Crippen LogP) is 1.81. The number of benzene rings is 1. The Morgan fingerprint density at radius 2 is 2.08 bits per heavy atom. The number of hydrogen-bond donors (Lipinski definition) is 2. The van der Waals surface area contributed by atoms with Crippen LogP contribution in [0.15, 0.2) is 46.9 Å². The van der Waals surface area contributed by atoms with Gasteiger partial charge in [-0.25, -0.2) is 4.79 Å². The van der Waals surface area contributed by atoms with E-state index < -0.39 is 16.8 Å². The Balaban J connectivity index is 2.57. The Hall–Kier alpha value is -3.34. The molecular weight excluding hydrogens is 312 g/mol. The van der Waals surface area contributed by atoms with E-state index in [1.54, 1.807) is 13.8 Å². The van der Waals surface area contributed by atoms with E-state index in [0.29, 0.717) is 11.3 Å². The summed E-state index contributed by atoms with van der Waals surface area (Å²) < 4.78 is 5.08.